The van der Waals surface area contributed by atoms with Gasteiger partial charge in [0.05, 0.1) is 17.9 Å². The van der Waals surface area contributed by atoms with Gasteiger partial charge in [0.15, 0.2) is 0 Å². The van der Waals surface area contributed by atoms with E-state index in [0.29, 0.717) is 0 Å². The first-order valence-corrected chi connectivity index (χ1v) is 9.20. The number of nitrogens with two attached hydrogens (primary N) is 1. The van der Waals surface area contributed by atoms with Gasteiger partial charge in [-0.25, -0.2) is 4.79 Å². The number of anilines is 2. The number of nitrogens with zero attached hydrogens (tertiary/aromatic N) is 1. The molecule has 30 heavy (non-hydrogen) atoms. The van der Waals surface area contributed by atoms with Gasteiger partial charge in [0.1, 0.15) is 12.6 Å². The van der Waals surface area contributed by atoms with Gasteiger partial charge in [0.2, 0.25) is 5.91 Å². The Morgan fingerprint density at radius 1 is 1.27 bits per heavy atom. The maximum absolute atomic E-state index is 13.6. The molecule has 1 aromatic carbocycles. The Labute approximate surface area is 171 Å². The van der Waals surface area contributed by atoms with Gasteiger partial charge in [0, 0.05) is 24.8 Å². The van der Waals surface area contributed by atoms with E-state index in [2.05, 4.69) is 16.0 Å². The second-order valence-corrected chi connectivity index (χ2v) is 6.88. The van der Waals surface area contributed by atoms with Crippen molar-refractivity contribution >= 4 is 29.2 Å². The van der Waals surface area contributed by atoms with Crippen molar-refractivity contribution in [1.29, 1.82) is 0 Å². The Morgan fingerprint density at radius 2 is 1.97 bits per heavy atom. The lowest BCUT2D eigenvalue weighted by Gasteiger charge is -2.28. The van der Waals surface area contributed by atoms with Gasteiger partial charge in [-0.05, 0) is 32.0 Å². The monoisotopic (exact) mass is 431 g/mol. The SMILES string of the molecule is CC(C)NC(=O)N[C@@H](CN)C(=O)Nc1ccc(N2CCOCC2=O)cc1C(F)(F)F. The molecule has 4 amide bonds. The maximum Gasteiger partial charge on any atom is 0.418 e. The van der Waals surface area contributed by atoms with Crippen LogP contribution in [0.2, 0.25) is 0 Å². The summed E-state index contributed by atoms with van der Waals surface area (Å²) >= 11 is 0. The van der Waals surface area contributed by atoms with Crippen LogP contribution in [-0.4, -0.2) is 56.2 Å². The number of alkyl halides is 3. The van der Waals surface area contributed by atoms with Crippen molar-refractivity contribution in [1.82, 2.24) is 10.6 Å². The molecule has 1 aromatic rings. The average molecular weight is 431 g/mol. The van der Waals surface area contributed by atoms with Crippen molar-refractivity contribution < 1.29 is 32.3 Å². The van der Waals surface area contributed by atoms with Crippen LogP contribution in [0.3, 0.4) is 0 Å². The van der Waals surface area contributed by atoms with Crippen molar-refractivity contribution in [3.8, 4) is 0 Å². The molecule has 0 aromatic heterocycles. The van der Waals surface area contributed by atoms with Gasteiger partial charge < -0.3 is 31.3 Å². The van der Waals surface area contributed by atoms with Gasteiger partial charge in [-0.15, -0.1) is 0 Å². The molecule has 1 saturated heterocycles. The molecule has 0 unspecified atom stereocenters. The highest BCUT2D eigenvalue weighted by Gasteiger charge is 2.36. The van der Waals surface area contributed by atoms with Crippen molar-refractivity contribution in [2.24, 2.45) is 5.73 Å². The van der Waals surface area contributed by atoms with Gasteiger partial charge in [-0.1, -0.05) is 0 Å². The van der Waals surface area contributed by atoms with Gasteiger partial charge >= 0.3 is 12.2 Å². The lowest BCUT2D eigenvalue weighted by molar-refractivity contribution is -0.137. The number of carbonyl (C=O) groups is 3. The number of ether oxygens (including phenoxy) is 1. The van der Waals surface area contributed by atoms with Gasteiger partial charge in [-0.2, -0.15) is 13.2 Å². The molecule has 1 heterocycles. The second kappa shape index (κ2) is 9.76. The molecule has 1 fully saturated rings. The van der Waals surface area contributed by atoms with Crippen molar-refractivity contribution in [3.63, 3.8) is 0 Å². The van der Waals surface area contributed by atoms with E-state index in [0.717, 1.165) is 12.1 Å². The molecule has 0 bridgehead atoms. The minimum atomic E-state index is -4.80. The van der Waals surface area contributed by atoms with E-state index in [1.165, 1.54) is 11.0 Å². The molecule has 0 aliphatic carbocycles. The summed E-state index contributed by atoms with van der Waals surface area (Å²) in [4.78, 5) is 37.3. The Morgan fingerprint density at radius 3 is 2.53 bits per heavy atom. The number of morpholine rings is 1. The zero-order valence-electron chi connectivity index (χ0n) is 16.5. The zero-order valence-corrected chi connectivity index (χ0v) is 16.5. The molecule has 2 rings (SSSR count). The summed E-state index contributed by atoms with van der Waals surface area (Å²) in [6.45, 7) is 3.18. The number of rotatable bonds is 6. The summed E-state index contributed by atoms with van der Waals surface area (Å²) in [6.07, 6.45) is -4.80. The number of amides is 4. The number of halogens is 3. The molecule has 5 N–H and O–H groups in total. The normalized spacial score (nSPS) is 15.7. The zero-order chi connectivity index (χ0) is 22.5. The van der Waals surface area contributed by atoms with Crippen molar-refractivity contribution in [2.45, 2.75) is 32.1 Å². The highest BCUT2D eigenvalue weighted by atomic mass is 19.4. The topological polar surface area (TPSA) is 126 Å². The second-order valence-electron chi connectivity index (χ2n) is 6.88. The molecule has 0 saturated carbocycles. The van der Waals surface area contributed by atoms with Crippen LogP contribution < -0.4 is 26.6 Å². The van der Waals surface area contributed by atoms with Crippen LogP contribution in [0.5, 0.6) is 0 Å². The largest absolute Gasteiger partial charge is 0.418 e. The highest BCUT2D eigenvalue weighted by molar-refractivity contribution is 5.99. The van der Waals surface area contributed by atoms with E-state index >= 15 is 0 Å². The Balaban J connectivity index is 2.24. The first kappa shape index (κ1) is 23.4. The number of benzene rings is 1. The fourth-order valence-corrected chi connectivity index (χ4v) is 2.75. The fourth-order valence-electron chi connectivity index (χ4n) is 2.75. The van der Waals surface area contributed by atoms with Gasteiger partial charge in [0.25, 0.3) is 5.91 Å². The molecule has 1 aliphatic rings. The lowest BCUT2D eigenvalue weighted by Crippen LogP contribution is -2.52. The molecule has 166 valence electrons. The molecule has 1 aliphatic heterocycles. The molecule has 0 radical (unpaired) electrons. The minimum Gasteiger partial charge on any atom is -0.370 e. The van der Waals surface area contributed by atoms with Crippen LogP contribution >= 0.6 is 0 Å². The van der Waals surface area contributed by atoms with E-state index < -0.39 is 41.3 Å². The van der Waals surface area contributed by atoms with E-state index in [1.54, 1.807) is 13.8 Å². The highest BCUT2D eigenvalue weighted by Crippen LogP contribution is 2.37. The standard InChI is InChI=1S/C18H24F3N5O4/c1-10(2)23-17(29)25-14(8-22)16(28)24-13-4-3-11(7-12(13)18(19,20)21)26-5-6-30-9-15(26)27/h3-4,7,10,14H,5-6,8-9,22H2,1-2H3,(H,24,28)(H2,23,25,29)/t14-/m0/s1. The third-order valence-electron chi connectivity index (χ3n) is 4.14. The number of nitrogens with one attached hydrogen (secondary N) is 3. The van der Waals surface area contributed by atoms with Crippen LogP contribution in [0.4, 0.5) is 29.3 Å². The smallest absolute Gasteiger partial charge is 0.370 e. The van der Waals surface area contributed by atoms with E-state index in [-0.39, 0.29) is 38.0 Å². The van der Waals surface area contributed by atoms with Crippen LogP contribution in [0.1, 0.15) is 19.4 Å². The van der Waals surface area contributed by atoms with Crippen molar-refractivity contribution in [3.05, 3.63) is 23.8 Å². The summed E-state index contributed by atoms with van der Waals surface area (Å²) < 4.78 is 45.8. The summed E-state index contributed by atoms with van der Waals surface area (Å²) in [7, 11) is 0. The quantitative estimate of drug-likeness (QED) is 0.536. The van der Waals surface area contributed by atoms with Crippen LogP contribution in [0.15, 0.2) is 18.2 Å². The summed E-state index contributed by atoms with van der Waals surface area (Å²) in [6, 6.07) is 1.01. The third kappa shape index (κ3) is 6.07. The first-order valence-electron chi connectivity index (χ1n) is 9.20. The summed E-state index contributed by atoms with van der Waals surface area (Å²) in [5.74, 6) is -1.37. The molecule has 9 nitrogen and oxygen atoms in total. The van der Waals surface area contributed by atoms with E-state index in [4.69, 9.17) is 10.5 Å². The number of carbonyl (C=O) groups excluding carboxylic acids is 3. The fraction of sp³-hybridized carbons (Fsp3) is 0.500. The lowest BCUT2D eigenvalue weighted by atomic mass is 10.1. The van der Waals surface area contributed by atoms with Gasteiger partial charge in [-0.3, -0.25) is 9.59 Å². The molecule has 0 spiro atoms. The number of urea groups is 1. The number of hydrogen-bond donors (Lipinski definition) is 4. The van der Waals surface area contributed by atoms with E-state index in [1.807, 2.05) is 0 Å². The predicted molar refractivity (Wildman–Crippen MR) is 103 cm³/mol. The Hall–Kier alpha value is -2.86. The number of hydrogen-bond acceptors (Lipinski definition) is 5. The van der Waals surface area contributed by atoms with Crippen LogP contribution in [0, 0.1) is 0 Å². The van der Waals surface area contributed by atoms with Crippen molar-refractivity contribution in [2.75, 3.05) is 36.5 Å². The molecular weight excluding hydrogens is 407 g/mol. The Kier molecular flexibility index (Phi) is 7.62. The predicted octanol–water partition coefficient (Wildman–Crippen LogP) is 1.04. The third-order valence-corrected chi connectivity index (χ3v) is 4.14. The summed E-state index contributed by atoms with van der Waals surface area (Å²) in [5.41, 5.74) is 3.88. The summed E-state index contributed by atoms with van der Waals surface area (Å²) in [5, 5.41) is 6.97. The van der Waals surface area contributed by atoms with Crippen LogP contribution in [0.25, 0.3) is 0 Å². The molecule has 1 atom stereocenters. The average Bonchev–Trinajstić information content (AvgIpc) is 2.65. The van der Waals surface area contributed by atoms with E-state index in [9.17, 15) is 27.6 Å². The Bertz CT molecular complexity index is 801. The first-order chi connectivity index (χ1) is 14.0. The molecular formula is C18H24F3N5O4. The molecule has 12 heteroatoms. The van der Waals surface area contributed by atoms with Crippen LogP contribution in [-0.2, 0) is 20.5 Å². The maximum atomic E-state index is 13.6. The minimum absolute atomic E-state index is 0.0402.